The van der Waals surface area contributed by atoms with Gasteiger partial charge in [-0.2, -0.15) is 0 Å². The number of nitrogens with one attached hydrogen (secondary N) is 1. The molecule has 41 heavy (non-hydrogen) atoms. The first-order chi connectivity index (χ1) is 19.6. The third kappa shape index (κ3) is 7.27. The van der Waals surface area contributed by atoms with Crippen molar-refractivity contribution in [3.8, 4) is 0 Å². The maximum atomic E-state index is 13.9. The molecule has 3 fully saturated rings. The molecule has 10 nitrogen and oxygen atoms in total. The number of carbonyl (C=O) groups excluding carboxylic acids is 4. The molecule has 3 amide bonds. The van der Waals surface area contributed by atoms with Gasteiger partial charge in [-0.3, -0.25) is 19.2 Å². The Morgan fingerprint density at radius 2 is 1.63 bits per heavy atom. The van der Waals surface area contributed by atoms with Gasteiger partial charge in [0.05, 0.1) is 25.8 Å². The zero-order valence-corrected chi connectivity index (χ0v) is 25.1. The van der Waals surface area contributed by atoms with E-state index in [1.807, 2.05) is 26.0 Å². The van der Waals surface area contributed by atoms with Gasteiger partial charge < -0.3 is 29.5 Å². The Bertz CT molecular complexity index is 1080. The molecule has 0 spiro atoms. The lowest BCUT2D eigenvalue weighted by Crippen LogP contribution is -2.53. The minimum absolute atomic E-state index is 0.0177. The van der Waals surface area contributed by atoms with Crippen molar-refractivity contribution in [3.05, 3.63) is 29.8 Å². The third-order valence-electron chi connectivity index (χ3n) is 8.37. The van der Waals surface area contributed by atoms with Gasteiger partial charge in [0.1, 0.15) is 18.2 Å². The van der Waals surface area contributed by atoms with Crippen LogP contribution in [-0.2, 0) is 23.9 Å². The van der Waals surface area contributed by atoms with Crippen molar-refractivity contribution in [1.29, 1.82) is 0 Å². The second kappa shape index (κ2) is 13.8. The first-order valence-electron chi connectivity index (χ1n) is 15.0. The van der Waals surface area contributed by atoms with E-state index in [1.165, 1.54) is 7.11 Å². The van der Waals surface area contributed by atoms with E-state index < -0.39 is 18.2 Å². The van der Waals surface area contributed by atoms with E-state index >= 15 is 0 Å². The van der Waals surface area contributed by atoms with Crippen molar-refractivity contribution in [3.63, 3.8) is 0 Å². The summed E-state index contributed by atoms with van der Waals surface area (Å²) in [5.74, 6) is -0.334. The van der Waals surface area contributed by atoms with Crippen LogP contribution in [0.1, 0.15) is 63.7 Å². The van der Waals surface area contributed by atoms with Crippen molar-refractivity contribution >= 4 is 29.2 Å². The van der Waals surface area contributed by atoms with Crippen LogP contribution in [0.25, 0.3) is 0 Å². The summed E-state index contributed by atoms with van der Waals surface area (Å²) in [5, 5.41) is 2.95. The highest BCUT2D eigenvalue weighted by Gasteiger charge is 2.53. The second-order valence-electron chi connectivity index (χ2n) is 12.3. The van der Waals surface area contributed by atoms with Gasteiger partial charge in [-0.15, -0.1) is 0 Å². The number of morpholine rings is 1. The Labute approximate surface area is 243 Å². The number of methoxy groups -OCH3 is 1. The number of likely N-dealkylation sites (tertiary alicyclic amines) is 2. The van der Waals surface area contributed by atoms with Crippen LogP contribution in [-0.4, -0.2) is 104 Å². The molecule has 10 heteroatoms. The molecule has 226 valence electrons. The molecule has 0 aromatic heterocycles. The number of carbonyl (C=O) groups is 4. The van der Waals surface area contributed by atoms with Crippen LogP contribution in [0, 0.1) is 11.8 Å². The fourth-order valence-corrected chi connectivity index (χ4v) is 6.15. The Morgan fingerprint density at radius 3 is 2.24 bits per heavy atom. The fourth-order valence-electron chi connectivity index (χ4n) is 6.15. The maximum Gasteiger partial charge on any atom is 0.252 e. The number of amides is 3. The smallest absolute Gasteiger partial charge is 0.252 e. The molecule has 1 aromatic rings. The number of rotatable bonds is 11. The zero-order valence-electron chi connectivity index (χ0n) is 25.1. The lowest BCUT2D eigenvalue weighted by molar-refractivity contribution is -0.144. The van der Waals surface area contributed by atoms with Gasteiger partial charge in [0.15, 0.2) is 5.78 Å². The monoisotopic (exact) mass is 570 g/mol. The number of Topliss-reactive ketones (excluding diaryl/α,β-unsaturated/α-hetero) is 1. The van der Waals surface area contributed by atoms with Crippen molar-refractivity contribution in [1.82, 2.24) is 15.1 Å². The van der Waals surface area contributed by atoms with E-state index in [9.17, 15) is 19.2 Å². The van der Waals surface area contributed by atoms with E-state index in [0.29, 0.717) is 50.5 Å². The standard InChI is InChI=1S/C31H46N4O6/c1-20(2)6-11-27(40-5)31(39)35-19-26(36)28-25(35)12-13-34(28)30(38)24(18-21(3)4)32-29(37)22-7-9-23(10-8-22)33-14-16-41-17-15-33/h7-10,20-21,24-25,27-28H,6,11-19H2,1-5H3,(H,32,37). The van der Waals surface area contributed by atoms with Crippen LogP contribution in [0.3, 0.4) is 0 Å². The molecule has 1 N–H and O–H groups in total. The van der Waals surface area contributed by atoms with Crippen molar-refractivity contribution in [2.75, 3.05) is 51.4 Å². The summed E-state index contributed by atoms with van der Waals surface area (Å²) in [6.45, 7) is 11.5. The van der Waals surface area contributed by atoms with E-state index in [-0.39, 0.29) is 42.0 Å². The maximum absolute atomic E-state index is 13.9. The molecular weight excluding hydrogens is 524 g/mol. The molecule has 0 saturated carbocycles. The lowest BCUT2D eigenvalue weighted by Gasteiger charge is -2.30. The second-order valence-corrected chi connectivity index (χ2v) is 12.3. The summed E-state index contributed by atoms with van der Waals surface area (Å²) >= 11 is 0. The molecular formula is C31H46N4O6. The first kappa shape index (κ1) is 31.0. The lowest BCUT2D eigenvalue weighted by atomic mass is 10.0. The number of nitrogens with zero attached hydrogens (tertiary/aromatic N) is 3. The van der Waals surface area contributed by atoms with Gasteiger partial charge in [0.25, 0.3) is 11.8 Å². The fraction of sp³-hybridized carbons (Fsp3) is 0.677. The Balaban J connectivity index is 1.43. The van der Waals surface area contributed by atoms with E-state index in [4.69, 9.17) is 9.47 Å². The highest BCUT2D eigenvalue weighted by molar-refractivity contribution is 6.01. The average molecular weight is 571 g/mol. The molecule has 3 saturated heterocycles. The first-order valence-corrected chi connectivity index (χ1v) is 15.0. The SMILES string of the molecule is COC(CCC(C)C)C(=O)N1CC(=O)C2C1CCN2C(=O)C(CC(C)C)NC(=O)c1ccc(N2CCOCC2)cc1. The van der Waals surface area contributed by atoms with E-state index in [2.05, 4.69) is 24.1 Å². The predicted molar refractivity (Wildman–Crippen MR) is 156 cm³/mol. The average Bonchev–Trinajstić information content (AvgIpc) is 3.54. The number of fused-ring (bicyclic) bond motifs is 1. The molecule has 0 bridgehead atoms. The molecule has 0 radical (unpaired) electrons. The number of hydrogen-bond acceptors (Lipinski definition) is 7. The highest BCUT2D eigenvalue weighted by atomic mass is 16.5. The largest absolute Gasteiger partial charge is 0.378 e. The summed E-state index contributed by atoms with van der Waals surface area (Å²) in [4.78, 5) is 59.0. The number of ketones is 1. The zero-order chi connectivity index (χ0) is 29.7. The number of ether oxygens (including phenoxy) is 2. The minimum Gasteiger partial charge on any atom is -0.378 e. The number of hydrogen-bond donors (Lipinski definition) is 1. The van der Waals surface area contributed by atoms with Crippen molar-refractivity contribution in [2.24, 2.45) is 11.8 Å². The van der Waals surface area contributed by atoms with Gasteiger partial charge >= 0.3 is 0 Å². The molecule has 3 aliphatic heterocycles. The van der Waals surface area contributed by atoms with Crippen LogP contribution in [0.5, 0.6) is 0 Å². The van der Waals surface area contributed by atoms with E-state index in [0.717, 1.165) is 25.2 Å². The molecule has 3 heterocycles. The van der Waals surface area contributed by atoms with Gasteiger partial charge in [-0.25, -0.2) is 0 Å². The summed E-state index contributed by atoms with van der Waals surface area (Å²) in [6.07, 6.45) is 1.81. The Hall–Kier alpha value is -2.98. The molecule has 4 rings (SSSR count). The normalized spacial score (nSPS) is 22.3. The van der Waals surface area contributed by atoms with Crippen LogP contribution < -0.4 is 10.2 Å². The molecule has 1 aromatic carbocycles. The van der Waals surface area contributed by atoms with Gasteiger partial charge in [-0.05, 0) is 61.8 Å². The van der Waals surface area contributed by atoms with Crippen LogP contribution in [0.2, 0.25) is 0 Å². The molecule has 4 atom stereocenters. The summed E-state index contributed by atoms with van der Waals surface area (Å²) in [6, 6.07) is 5.57. The van der Waals surface area contributed by atoms with Crippen LogP contribution in [0.4, 0.5) is 5.69 Å². The number of anilines is 1. The van der Waals surface area contributed by atoms with E-state index in [1.54, 1.807) is 21.9 Å². The van der Waals surface area contributed by atoms with Crippen LogP contribution >= 0.6 is 0 Å². The van der Waals surface area contributed by atoms with Gasteiger partial charge in [0.2, 0.25) is 5.91 Å². The van der Waals surface area contributed by atoms with Crippen LogP contribution in [0.15, 0.2) is 24.3 Å². The summed E-state index contributed by atoms with van der Waals surface area (Å²) < 4.78 is 10.9. The predicted octanol–water partition coefficient (Wildman–Crippen LogP) is 2.50. The van der Waals surface area contributed by atoms with Gasteiger partial charge in [0, 0.05) is 38.0 Å². The highest BCUT2D eigenvalue weighted by Crippen LogP contribution is 2.32. The van der Waals surface area contributed by atoms with Crippen molar-refractivity contribution in [2.45, 2.75) is 77.6 Å². The Kier molecular flexibility index (Phi) is 10.4. The summed E-state index contributed by atoms with van der Waals surface area (Å²) in [5.41, 5.74) is 1.50. The Morgan fingerprint density at radius 1 is 0.951 bits per heavy atom. The topological polar surface area (TPSA) is 108 Å². The number of benzene rings is 1. The molecule has 3 aliphatic rings. The molecule has 4 unspecified atom stereocenters. The van der Waals surface area contributed by atoms with Crippen molar-refractivity contribution < 1.29 is 28.7 Å². The summed E-state index contributed by atoms with van der Waals surface area (Å²) in [7, 11) is 1.53. The van der Waals surface area contributed by atoms with Gasteiger partial charge in [-0.1, -0.05) is 27.7 Å². The molecule has 0 aliphatic carbocycles. The third-order valence-corrected chi connectivity index (χ3v) is 8.37. The quantitative estimate of drug-likeness (QED) is 0.436. The minimum atomic E-state index is -0.768.